The van der Waals surface area contributed by atoms with E-state index in [0.29, 0.717) is 17.7 Å². The van der Waals surface area contributed by atoms with Crippen LogP contribution in [0.4, 0.5) is 0 Å². The molecule has 2 N–H and O–H groups in total. The molecule has 2 aromatic rings. The van der Waals surface area contributed by atoms with E-state index in [-0.39, 0.29) is 35.7 Å². The number of nitrogens with zero attached hydrogens (tertiary/aromatic N) is 1. The monoisotopic (exact) mass is 461 g/mol. The lowest BCUT2D eigenvalue weighted by atomic mass is 9.98. The molecule has 0 unspecified atom stereocenters. The summed E-state index contributed by atoms with van der Waals surface area (Å²) in [6, 6.07) is 8.71. The van der Waals surface area contributed by atoms with Crippen molar-refractivity contribution in [3.63, 3.8) is 0 Å². The van der Waals surface area contributed by atoms with Crippen LogP contribution in [0, 0.1) is 12.8 Å². The van der Waals surface area contributed by atoms with Gasteiger partial charge in [-0.05, 0) is 69.2 Å². The number of hydrogen-bond donors (Lipinski definition) is 2. The molecular formula is C22H27N3O4S2. The van der Waals surface area contributed by atoms with Crippen molar-refractivity contribution in [3.05, 3.63) is 51.2 Å². The van der Waals surface area contributed by atoms with Crippen molar-refractivity contribution in [1.82, 2.24) is 15.2 Å². The molecular weight excluding hydrogens is 434 g/mol. The summed E-state index contributed by atoms with van der Waals surface area (Å²) < 4.78 is 27.0. The summed E-state index contributed by atoms with van der Waals surface area (Å²) in [5, 5.41) is 0. The number of sulfonamides is 1. The minimum Gasteiger partial charge on any atom is -0.273 e. The van der Waals surface area contributed by atoms with Gasteiger partial charge in [-0.1, -0.05) is 17.7 Å². The van der Waals surface area contributed by atoms with Crippen LogP contribution in [-0.4, -0.2) is 37.6 Å². The maximum atomic E-state index is 12.8. The van der Waals surface area contributed by atoms with Crippen LogP contribution < -0.4 is 10.9 Å². The van der Waals surface area contributed by atoms with Crippen molar-refractivity contribution in [2.75, 3.05) is 13.1 Å². The second kappa shape index (κ2) is 9.10. The lowest BCUT2D eigenvalue weighted by Gasteiger charge is -2.30. The van der Waals surface area contributed by atoms with Gasteiger partial charge in [-0.2, -0.15) is 4.31 Å². The smallest absolute Gasteiger partial charge is 0.273 e. The molecule has 1 aliphatic heterocycles. The number of carbonyl (C=O) groups is 2. The fraction of sp³-hybridized carbons (Fsp3) is 0.455. The minimum atomic E-state index is -3.56. The Bertz CT molecular complexity index is 1050. The highest BCUT2D eigenvalue weighted by molar-refractivity contribution is 7.89. The summed E-state index contributed by atoms with van der Waals surface area (Å²) in [5.74, 6) is -0.907. The van der Waals surface area contributed by atoms with Gasteiger partial charge in [0.15, 0.2) is 0 Å². The number of thiophene rings is 1. The Morgan fingerprint density at radius 2 is 1.71 bits per heavy atom. The molecule has 166 valence electrons. The lowest BCUT2D eigenvalue weighted by Crippen LogP contribution is -2.48. The second-order valence-corrected chi connectivity index (χ2v) is 11.3. The molecule has 1 aliphatic carbocycles. The number of fused-ring (bicyclic) bond motifs is 1. The van der Waals surface area contributed by atoms with Crippen LogP contribution in [0.5, 0.6) is 0 Å². The number of nitrogens with one attached hydrogen (secondary N) is 2. The maximum Gasteiger partial charge on any atom is 0.279 e. The number of amides is 2. The fourth-order valence-corrected chi connectivity index (χ4v) is 6.72. The Kier molecular flexibility index (Phi) is 6.45. The van der Waals surface area contributed by atoms with Gasteiger partial charge in [-0.3, -0.25) is 20.4 Å². The molecule has 7 nitrogen and oxygen atoms in total. The Balaban J connectivity index is 1.28. The van der Waals surface area contributed by atoms with E-state index in [2.05, 4.69) is 10.9 Å². The number of hydrogen-bond acceptors (Lipinski definition) is 5. The van der Waals surface area contributed by atoms with E-state index in [0.717, 1.165) is 31.2 Å². The van der Waals surface area contributed by atoms with E-state index in [9.17, 15) is 18.0 Å². The van der Waals surface area contributed by atoms with Gasteiger partial charge in [0.2, 0.25) is 15.9 Å². The Hall–Kier alpha value is -2.23. The van der Waals surface area contributed by atoms with Crippen LogP contribution in [0.15, 0.2) is 35.2 Å². The SMILES string of the molecule is Cc1ccc(S(=O)(=O)N2CCC(C(=O)NNC(=O)c3cc4c(s3)CCCC4)CC2)cc1. The zero-order valence-electron chi connectivity index (χ0n) is 17.5. The topological polar surface area (TPSA) is 95.6 Å². The van der Waals surface area contributed by atoms with E-state index in [1.54, 1.807) is 24.3 Å². The third kappa shape index (κ3) is 4.83. The van der Waals surface area contributed by atoms with Gasteiger partial charge in [-0.15, -0.1) is 11.3 Å². The Morgan fingerprint density at radius 1 is 1.03 bits per heavy atom. The molecule has 2 aliphatic rings. The summed E-state index contributed by atoms with van der Waals surface area (Å²) in [4.78, 5) is 27.1. The van der Waals surface area contributed by atoms with Crippen molar-refractivity contribution in [1.29, 1.82) is 0 Å². The normalized spacial score (nSPS) is 17.7. The molecule has 1 fully saturated rings. The van der Waals surface area contributed by atoms with Crippen molar-refractivity contribution >= 4 is 33.2 Å². The first kappa shape index (κ1) is 22.0. The number of rotatable bonds is 4. The van der Waals surface area contributed by atoms with Crippen molar-refractivity contribution in [2.24, 2.45) is 5.92 Å². The summed E-state index contributed by atoms with van der Waals surface area (Å²) >= 11 is 1.50. The van der Waals surface area contributed by atoms with Gasteiger partial charge in [0, 0.05) is 23.9 Å². The first-order chi connectivity index (χ1) is 14.8. The zero-order valence-corrected chi connectivity index (χ0v) is 19.2. The van der Waals surface area contributed by atoms with Crippen LogP contribution in [-0.2, 0) is 27.7 Å². The standard InChI is InChI=1S/C22H27N3O4S2/c1-15-6-8-18(9-7-15)31(28,29)25-12-10-16(11-13-25)21(26)23-24-22(27)20-14-17-4-2-3-5-19(17)30-20/h6-9,14,16H,2-5,10-13H2,1H3,(H,23,26)(H,24,27). The molecule has 1 saturated heterocycles. The molecule has 0 radical (unpaired) electrons. The molecule has 2 amide bonds. The quantitative estimate of drug-likeness (QED) is 0.685. The average molecular weight is 462 g/mol. The number of aryl methyl sites for hydroxylation is 3. The van der Waals surface area contributed by atoms with E-state index in [4.69, 9.17) is 0 Å². The Labute approximate surface area is 186 Å². The molecule has 1 aromatic heterocycles. The van der Waals surface area contributed by atoms with Crippen molar-refractivity contribution < 1.29 is 18.0 Å². The highest BCUT2D eigenvalue weighted by atomic mass is 32.2. The van der Waals surface area contributed by atoms with E-state index in [1.807, 2.05) is 13.0 Å². The molecule has 0 atom stereocenters. The highest BCUT2D eigenvalue weighted by Crippen LogP contribution is 2.29. The molecule has 0 saturated carbocycles. The summed E-state index contributed by atoms with van der Waals surface area (Å²) in [7, 11) is -3.56. The summed E-state index contributed by atoms with van der Waals surface area (Å²) in [5.41, 5.74) is 7.28. The van der Waals surface area contributed by atoms with Crippen LogP contribution in [0.1, 0.15) is 51.4 Å². The number of carbonyl (C=O) groups excluding carboxylic acids is 2. The lowest BCUT2D eigenvalue weighted by molar-refractivity contribution is -0.126. The highest BCUT2D eigenvalue weighted by Gasteiger charge is 2.32. The third-order valence-corrected chi connectivity index (χ3v) is 9.15. The Morgan fingerprint density at radius 3 is 2.39 bits per heavy atom. The maximum absolute atomic E-state index is 12.8. The van der Waals surface area contributed by atoms with Crippen LogP contribution in [0.2, 0.25) is 0 Å². The predicted octanol–water partition coefficient (Wildman–Crippen LogP) is 2.80. The van der Waals surface area contributed by atoms with Crippen molar-refractivity contribution in [2.45, 2.75) is 50.3 Å². The van der Waals surface area contributed by atoms with Gasteiger partial charge in [0.1, 0.15) is 0 Å². The van der Waals surface area contributed by atoms with Gasteiger partial charge >= 0.3 is 0 Å². The number of piperidine rings is 1. The number of hydrazine groups is 1. The van der Waals surface area contributed by atoms with E-state index < -0.39 is 10.0 Å². The van der Waals surface area contributed by atoms with Crippen LogP contribution >= 0.6 is 11.3 Å². The summed E-state index contributed by atoms with van der Waals surface area (Å²) in [6.07, 6.45) is 5.17. The predicted molar refractivity (Wildman–Crippen MR) is 119 cm³/mol. The zero-order chi connectivity index (χ0) is 22.0. The average Bonchev–Trinajstić information content (AvgIpc) is 3.22. The molecule has 4 rings (SSSR count). The molecule has 2 heterocycles. The minimum absolute atomic E-state index is 0.270. The van der Waals surface area contributed by atoms with Gasteiger partial charge in [-0.25, -0.2) is 8.42 Å². The molecule has 0 bridgehead atoms. The van der Waals surface area contributed by atoms with Crippen LogP contribution in [0.3, 0.4) is 0 Å². The number of benzene rings is 1. The molecule has 31 heavy (non-hydrogen) atoms. The van der Waals surface area contributed by atoms with Crippen LogP contribution in [0.25, 0.3) is 0 Å². The fourth-order valence-electron chi connectivity index (χ4n) is 4.10. The van der Waals surface area contributed by atoms with Gasteiger partial charge < -0.3 is 0 Å². The van der Waals surface area contributed by atoms with Gasteiger partial charge in [0.05, 0.1) is 9.77 Å². The second-order valence-electron chi connectivity index (χ2n) is 8.20. The largest absolute Gasteiger partial charge is 0.279 e. The molecule has 9 heteroatoms. The summed E-state index contributed by atoms with van der Waals surface area (Å²) in [6.45, 7) is 2.46. The first-order valence-corrected chi connectivity index (χ1v) is 12.9. The van der Waals surface area contributed by atoms with E-state index in [1.165, 1.54) is 26.1 Å². The van der Waals surface area contributed by atoms with Crippen molar-refractivity contribution in [3.8, 4) is 0 Å². The molecule has 1 aromatic carbocycles. The first-order valence-electron chi connectivity index (χ1n) is 10.6. The van der Waals surface area contributed by atoms with Gasteiger partial charge in [0.25, 0.3) is 5.91 Å². The molecule has 0 spiro atoms. The third-order valence-electron chi connectivity index (χ3n) is 6.00. The van der Waals surface area contributed by atoms with E-state index >= 15 is 0 Å².